The highest BCUT2D eigenvalue weighted by atomic mass is 35.5. The molecule has 4 rings (SSSR count). The number of ether oxygens (including phenoxy) is 1. The van der Waals surface area contributed by atoms with E-state index in [0.717, 1.165) is 5.56 Å². The molecule has 3 aromatic rings. The molecule has 1 aromatic heterocycles. The van der Waals surface area contributed by atoms with Crippen LogP contribution in [0.25, 0.3) is 0 Å². The largest absolute Gasteiger partial charge is 0.488 e. The first-order valence-corrected chi connectivity index (χ1v) is 13.5. The summed E-state index contributed by atoms with van der Waals surface area (Å²) < 4.78 is 6.46. The molecule has 10 heteroatoms. The smallest absolute Gasteiger partial charge is 0.258 e. The van der Waals surface area contributed by atoms with Crippen molar-refractivity contribution >= 4 is 40.7 Å². The van der Waals surface area contributed by atoms with Gasteiger partial charge < -0.3 is 20.1 Å². The Labute approximate surface area is 238 Å². The lowest BCUT2D eigenvalue weighted by atomic mass is 9.99. The molecule has 0 bridgehead atoms. The van der Waals surface area contributed by atoms with E-state index in [2.05, 4.69) is 15.2 Å². The van der Waals surface area contributed by atoms with Gasteiger partial charge in [-0.3, -0.25) is 19.5 Å². The Balaban J connectivity index is 1.59. The van der Waals surface area contributed by atoms with Crippen molar-refractivity contribution in [2.24, 2.45) is 5.92 Å². The lowest BCUT2D eigenvalue weighted by molar-refractivity contribution is 0.0341. The molecule has 2 N–H and O–H groups in total. The molecule has 206 valence electrons. The van der Waals surface area contributed by atoms with Crippen LogP contribution in [0.2, 0.25) is 10.0 Å². The number of likely N-dealkylation sites (N-methyl/N-ethyl adjacent to an activating group) is 1. The number of halogens is 2. The Kier molecular flexibility index (Phi) is 9.45. The summed E-state index contributed by atoms with van der Waals surface area (Å²) in [5.74, 6) is -0.177. The fourth-order valence-electron chi connectivity index (χ4n) is 4.55. The minimum absolute atomic E-state index is 0.0292. The number of carbonyl (C=O) groups is 2. The Morgan fingerprint density at radius 3 is 2.62 bits per heavy atom. The highest BCUT2D eigenvalue weighted by molar-refractivity contribution is 6.42. The van der Waals surface area contributed by atoms with Gasteiger partial charge in [-0.2, -0.15) is 0 Å². The predicted octanol–water partition coefficient (Wildman–Crippen LogP) is 4.99. The van der Waals surface area contributed by atoms with Crippen LogP contribution in [0.4, 0.5) is 5.69 Å². The quantitative estimate of drug-likeness (QED) is 0.396. The number of hydrogen-bond donors (Lipinski definition) is 2. The first kappa shape index (κ1) is 28.8. The van der Waals surface area contributed by atoms with Gasteiger partial charge in [-0.15, -0.1) is 0 Å². The second kappa shape index (κ2) is 12.8. The molecule has 3 atom stereocenters. The van der Waals surface area contributed by atoms with E-state index in [4.69, 9.17) is 27.9 Å². The van der Waals surface area contributed by atoms with Crippen LogP contribution in [0.1, 0.15) is 40.1 Å². The number of fused-ring (bicyclic) bond motifs is 1. The molecular formula is C29H32Cl2N4O4. The van der Waals surface area contributed by atoms with Crippen LogP contribution in [-0.2, 0) is 6.54 Å². The molecule has 0 fully saturated rings. The van der Waals surface area contributed by atoms with E-state index in [9.17, 15) is 14.7 Å². The van der Waals surface area contributed by atoms with Gasteiger partial charge in [0.15, 0.2) is 0 Å². The van der Waals surface area contributed by atoms with E-state index in [1.807, 2.05) is 33.0 Å². The number of benzene rings is 2. The number of aliphatic hydroxyl groups excluding tert-OH is 1. The van der Waals surface area contributed by atoms with Gasteiger partial charge in [-0.25, -0.2) is 0 Å². The summed E-state index contributed by atoms with van der Waals surface area (Å²) in [6.45, 7) is 5.29. The van der Waals surface area contributed by atoms with Gasteiger partial charge >= 0.3 is 0 Å². The zero-order valence-electron chi connectivity index (χ0n) is 22.1. The van der Waals surface area contributed by atoms with Crippen LogP contribution in [0.3, 0.4) is 0 Å². The number of hydrogen-bond acceptors (Lipinski definition) is 6. The number of carbonyl (C=O) groups excluding carboxylic acids is 2. The number of aromatic nitrogens is 1. The monoisotopic (exact) mass is 570 g/mol. The molecule has 1 aliphatic rings. The van der Waals surface area contributed by atoms with E-state index in [-0.39, 0.29) is 30.4 Å². The van der Waals surface area contributed by atoms with Gasteiger partial charge in [0.05, 0.1) is 28.3 Å². The summed E-state index contributed by atoms with van der Waals surface area (Å²) in [5, 5.41) is 13.8. The van der Waals surface area contributed by atoms with Crippen LogP contribution in [0.5, 0.6) is 5.75 Å². The van der Waals surface area contributed by atoms with Crippen molar-refractivity contribution in [3.05, 3.63) is 87.7 Å². The fourth-order valence-corrected chi connectivity index (χ4v) is 4.87. The Bertz CT molecular complexity index is 1320. The van der Waals surface area contributed by atoms with E-state index < -0.39 is 6.04 Å². The van der Waals surface area contributed by atoms with Crippen LogP contribution in [0, 0.1) is 5.92 Å². The zero-order valence-corrected chi connectivity index (χ0v) is 23.6. The molecule has 8 nitrogen and oxygen atoms in total. The summed E-state index contributed by atoms with van der Waals surface area (Å²) in [6, 6.07) is 13.5. The molecule has 0 spiro atoms. The van der Waals surface area contributed by atoms with Gasteiger partial charge in [0.25, 0.3) is 11.8 Å². The Hall–Kier alpha value is -3.17. The van der Waals surface area contributed by atoms with Crippen molar-refractivity contribution < 1.29 is 19.4 Å². The first-order valence-electron chi connectivity index (χ1n) is 12.7. The maximum atomic E-state index is 13.7. The highest BCUT2D eigenvalue weighted by Gasteiger charge is 2.33. The maximum Gasteiger partial charge on any atom is 0.258 e. The molecular weight excluding hydrogens is 539 g/mol. The number of anilines is 1. The van der Waals surface area contributed by atoms with Crippen molar-refractivity contribution in [1.82, 2.24) is 14.8 Å². The second-order valence-corrected chi connectivity index (χ2v) is 10.8. The van der Waals surface area contributed by atoms with Gasteiger partial charge in [-0.1, -0.05) is 36.2 Å². The summed E-state index contributed by atoms with van der Waals surface area (Å²) in [4.78, 5) is 34.1. The highest BCUT2D eigenvalue weighted by Crippen LogP contribution is 2.31. The van der Waals surface area contributed by atoms with E-state index in [1.165, 1.54) is 0 Å². The minimum atomic E-state index is -0.393. The van der Waals surface area contributed by atoms with Crippen molar-refractivity contribution in [1.29, 1.82) is 0 Å². The maximum absolute atomic E-state index is 13.7. The number of rotatable bonds is 8. The molecule has 0 saturated carbocycles. The number of pyridine rings is 1. The molecule has 2 aromatic carbocycles. The van der Waals surface area contributed by atoms with Gasteiger partial charge in [0.2, 0.25) is 0 Å². The SMILES string of the molecule is C[C@@H]1CN([C@H](C)CO)C(=O)c2cc(NC(=O)c3ccncc3)ccc2O[C@H]1CN(C)Cc1ccc(Cl)c(Cl)c1. The number of aliphatic hydroxyl groups is 1. The van der Waals surface area contributed by atoms with E-state index >= 15 is 0 Å². The van der Waals surface area contributed by atoms with Crippen LogP contribution in [0.15, 0.2) is 60.9 Å². The van der Waals surface area contributed by atoms with E-state index in [0.29, 0.717) is 52.2 Å². The van der Waals surface area contributed by atoms with Gasteiger partial charge in [0.1, 0.15) is 11.9 Å². The number of nitrogens with one attached hydrogen (secondary N) is 1. The number of amides is 2. The first-order chi connectivity index (χ1) is 18.7. The topological polar surface area (TPSA) is 95.0 Å². The predicted molar refractivity (Wildman–Crippen MR) is 153 cm³/mol. The van der Waals surface area contributed by atoms with Gasteiger partial charge in [-0.05, 0) is 62.0 Å². The average Bonchev–Trinajstić information content (AvgIpc) is 2.93. The lowest BCUT2D eigenvalue weighted by Gasteiger charge is -2.38. The van der Waals surface area contributed by atoms with Crippen LogP contribution < -0.4 is 10.1 Å². The summed E-state index contributed by atoms with van der Waals surface area (Å²) in [7, 11) is 2.00. The third-order valence-corrected chi connectivity index (χ3v) is 7.53. The molecule has 39 heavy (non-hydrogen) atoms. The molecule has 2 amide bonds. The Morgan fingerprint density at radius 2 is 1.92 bits per heavy atom. The van der Waals surface area contributed by atoms with Crippen molar-refractivity contribution in [2.75, 3.05) is 32.1 Å². The standard InChI is InChI=1S/C29H32Cl2N4O4/c1-18-14-35(19(2)17-36)29(38)23-13-22(33-28(37)21-8-10-32-11-9-21)5-7-26(23)39-27(18)16-34(3)15-20-4-6-24(30)25(31)12-20/h4-13,18-19,27,36H,14-17H2,1-3H3,(H,33,37)/t18-,19-,27+/m1/s1. The third-order valence-electron chi connectivity index (χ3n) is 6.79. The lowest BCUT2D eigenvalue weighted by Crippen LogP contribution is -2.49. The fraction of sp³-hybridized carbons (Fsp3) is 0.345. The third kappa shape index (κ3) is 7.08. The summed E-state index contributed by atoms with van der Waals surface area (Å²) >= 11 is 12.3. The van der Waals surface area contributed by atoms with Crippen LogP contribution in [-0.4, -0.2) is 70.6 Å². The average molecular weight is 572 g/mol. The molecule has 1 aliphatic heterocycles. The number of nitrogens with zero attached hydrogens (tertiary/aromatic N) is 3. The van der Waals surface area contributed by atoms with E-state index in [1.54, 1.807) is 53.7 Å². The molecule has 0 aliphatic carbocycles. The normalized spacial score (nSPS) is 18.1. The summed E-state index contributed by atoms with van der Waals surface area (Å²) in [5.41, 5.74) is 2.26. The minimum Gasteiger partial charge on any atom is -0.488 e. The summed E-state index contributed by atoms with van der Waals surface area (Å²) in [6.07, 6.45) is 2.83. The van der Waals surface area contributed by atoms with Crippen molar-refractivity contribution in [3.63, 3.8) is 0 Å². The van der Waals surface area contributed by atoms with Gasteiger partial charge in [0, 0.05) is 49.2 Å². The Morgan fingerprint density at radius 1 is 1.18 bits per heavy atom. The zero-order chi connectivity index (χ0) is 28.1. The van der Waals surface area contributed by atoms with Crippen LogP contribution >= 0.6 is 23.2 Å². The molecule has 0 radical (unpaired) electrons. The molecule has 0 unspecified atom stereocenters. The van der Waals surface area contributed by atoms with Crippen molar-refractivity contribution in [3.8, 4) is 5.75 Å². The molecule has 0 saturated heterocycles. The second-order valence-electron chi connectivity index (χ2n) is 9.97. The van der Waals surface area contributed by atoms with Crippen molar-refractivity contribution in [2.45, 2.75) is 32.5 Å². The molecule has 2 heterocycles.